The van der Waals surface area contributed by atoms with Crippen molar-refractivity contribution < 1.29 is 14.3 Å². The molecule has 0 atom stereocenters. The summed E-state index contributed by atoms with van der Waals surface area (Å²) in [6.07, 6.45) is 3.98. The van der Waals surface area contributed by atoms with Crippen LogP contribution in [-0.4, -0.2) is 34.9 Å². The molecule has 0 unspecified atom stereocenters. The third-order valence-corrected chi connectivity index (χ3v) is 5.89. The molecule has 2 aromatic carbocycles. The lowest BCUT2D eigenvalue weighted by atomic mass is 10.1. The average Bonchev–Trinajstić information content (AvgIpc) is 3.39. The van der Waals surface area contributed by atoms with Crippen LogP contribution in [0.3, 0.4) is 0 Å². The summed E-state index contributed by atoms with van der Waals surface area (Å²) in [5.74, 6) is 1.01. The maximum Gasteiger partial charge on any atom is 0.272 e. The van der Waals surface area contributed by atoms with Crippen molar-refractivity contribution in [2.24, 2.45) is 0 Å². The molecule has 166 valence electrons. The van der Waals surface area contributed by atoms with E-state index < -0.39 is 0 Å². The smallest absolute Gasteiger partial charge is 0.272 e. The number of hydrogen-bond acceptors (Lipinski definition) is 5. The number of amides is 1. The lowest BCUT2D eigenvalue weighted by molar-refractivity contribution is 0.0944. The van der Waals surface area contributed by atoms with Gasteiger partial charge in [-0.1, -0.05) is 23.7 Å². The number of ether oxygens (including phenoxy) is 2. The highest BCUT2D eigenvalue weighted by Crippen LogP contribution is 2.44. The molecule has 7 nitrogen and oxygen atoms in total. The number of nitrogens with zero attached hydrogens (tertiary/aromatic N) is 3. The molecule has 0 fully saturated rings. The van der Waals surface area contributed by atoms with E-state index >= 15 is 0 Å². The molecule has 8 heteroatoms. The number of aromatic nitrogens is 3. The van der Waals surface area contributed by atoms with Gasteiger partial charge in [-0.25, -0.2) is 4.68 Å². The Balaban J connectivity index is 1.60. The van der Waals surface area contributed by atoms with Crippen molar-refractivity contribution in [3.8, 4) is 28.4 Å². The normalized spacial score (nSPS) is 11.6. The number of nitrogens with one attached hydrogen (secondary N) is 1. The Bertz CT molecular complexity index is 1350. The second-order valence-electron chi connectivity index (χ2n) is 7.65. The minimum absolute atomic E-state index is 0.248. The molecule has 0 aliphatic heterocycles. The molecule has 0 bridgehead atoms. The second-order valence-corrected chi connectivity index (χ2v) is 8.09. The van der Waals surface area contributed by atoms with Crippen LogP contribution in [0.4, 0.5) is 0 Å². The Labute approximate surface area is 195 Å². The van der Waals surface area contributed by atoms with Crippen LogP contribution in [0.15, 0.2) is 60.9 Å². The van der Waals surface area contributed by atoms with Crippen LogP contribution >= 0.6 is 11.6 Å². The number of benzene rings is 2. The largest absolute Gasteiger partial charge is 0.493 e. The standard InChI is InChI=1S/C25H21ClN4O3/c1-32-21-10-16-9-20-23(25(31)28-14-15-5-4-8-27-13-15)29-30(18-7-3-6-17(26)11-18)24(20)19(16)12-22(21)33-2/h3-8,10-13H,9,14H2,1-2H3,(H,28,31). The van der Waals surface area contributed by atoms with Gasteiger partial charge in [0.1, 0.15) is 0 Å². The monoisotopic (exact) mass is 460 g/mol. The first-order valence-corrected chi connectivity index (χ1v) is 10.8. The Morgan fingerprint density at radius 2 is 1.94 bits per heavy atom. The van der Waals surface area contributed by atoms with Crippen LogP contribution in [0.25, 0.3) is 16.9 Å². The molecular formula is C25H21ClN4O3. The fraction of sp³-hybridized carbons (Fsp3) is 0.160. The molecule has 2 aromatic heterocycles. The third-order valence-electron chi connectivity index (χ3n) is 5.66. The van der Waals surface area contributed by atoms with Crippen molar-refractivity contribution in [1.82, 2.24) is 20.1 Å². The molecule has 0 radical (unpaired) electrons. The molecule has 2 heterocycles. The van der Waals surface area contributed by atoms with Crippen molar-refractivity contribution in [2.75, 3.05) is 14.2 Å². The van der Waals surface area contributed by atoms with Crippen molar-refractivity contribution in [3.05, 3.63) is 88.3 Å². The van der Waals surface area contributed by atoms with Crippen LogP contribution < -0.4 is 14.8 Å². The molecule has 0 saturated heterocycles. The SMILES string of the molecule is COc1cc2c(cc1OC)-c1c(c(C(=O)NCc3cccnc3)nn1-c1cccc(Cl)c1)C2. The van der Waals surface area contributed by atoms with Gasteiger partial charge in [0.05, 0.1) is 25.6 Å². The van der Waals surface area contributed by atoms with E-state index in [9.17, 15) is 4.79 Å². The zero-order valence-electron chi connectivity index (χ0n) is 18.1. The summed E-state index contributed by atoms with van der Waals surface area (Å²) in [7, 11) is 3.21. The van der Waals surface area contributed by atoms with Gasteiger partial charge in [-0.2, -0.15) is 5.10 Å². The van der Waals surface area contributed by atoms with E-state index in [1.54, 1.807) is 37.4 Å². The average molecular weight is 461 g/mol. The van der Waals surface area contributed by atoms with Crippen molar-refractivity contribution in [1.29, 1.82) is 0 Å². The molecule has 1 amide bonds. The highest BCUT2D eigenvalue weighted by molar-refractivity contribution is 6.30. The lowest BCUT2D eigenvalue weighted by Crippen LogP contribution is -2.24. The predicted molar refractivity (Wildman–Crippen MR) is 125 cm³/mol. The number of pyridine rings is 1. The Morgan fingerprint density at radius 3 is 2.67 bits per heavy atom. The maximum absolute atomic E-state index is 13.2. The summed E-state index contributed by atoms with van der Waals surface area (Å²) in [6.45, 7) is 0.361. The van der Waals surface area contributed by atoms with Crippen LogP contribution in [0.2, 0.25) is 5.02 Å². The van der Waals surface area contributed by atoms with E-state index in [-0.39, 0.29) is 5.91 Å². The van der Waals surface area contributed by atoms with Gasteiger partial charge < -0.3 is 14.8 Å². The van der Waals surface area contributed by atoms with E-state index in [1.165, 1.54) is 0 Å². The fourth-order valence-corrected chi connectivity index (χ4v) is 4.30. The molecule has 1 aliphatic rings. The van der Waals surface area contributed by atoms with Crippen LogP contribution in [0, 0.1) is 0 Å². The molecule has 33 heavy (non-hydrogen) atoms. The van der Waals surface area contributed by atoms with Gasteiger partial charge in [0.2, 0.25) is 0 Å². The molecule has 5 rings (SSSR count). The Morgan fingerprint density at radius 1 is 1.12 bits per heavy atom. The quantitative estimate of drug-likeness (QED) is 0.405. The lowest BCUT2D eigenvalue weighted by Gasteiger charge is -2.12. The van der Waals surface area contributed by atoms with Crippen LogP contribution in [0.5, 0.6) is 11.5 Å². The number of methoxy groups -OCH3 is 2. The number of hydrogen-bond donors (Lipinski definition) is 1. The highest BCUT2D eigenvalue weighted by Gasteiger charge is 2.32. The number of fused-ring (bicyclic) bond motifs is 3. The number of rotatable bonds is 6. The zero-order chi connectivity index (χ0) is 22.9. The summed E-state index contributed by atoms with van der Waals surface area (Å²) in [5.41, 5.74) is 5.74. The summed E-state index contributed by atoms with van der Waals surface area (Å²) in [5, 5.41) is 8.26. The minimum Gasteiger partial charge on any atom is -0.493 e. The van der Waals surface area contributed by atoms with Crippen LogP contribution in [0.1, 0.15) is 27.2 Å². The van der Waals surface area contributed by atoms with Crippen molar-refractivity contribution in [2.45, 2.75) is 13.0 Å². The first kappa shape index (κ1) is 21.0. The second kappa shape index (κ2) is 8.60. The molecular weight excluding hydrogens is 440 g/mol. The molecule has 0 spiro atoms. The van der Waals surface area contributed by atoms with Crippen LogP contribution in [-0.2, 0) is 13.0 Å². The maximum atomic E-state index is 13.2. The van der Waals surface area contributed by atoms with E-state index in [0.717, 1.165) is 33.6 Å². The summed E-state index contributed by atoms with van der Waals surface area (Å²) in [6, 6.07) is 15.0. The third kappa shape index (κ3) is 3.81. The Kier molecular flexibility index (Phi) is 5.48. The van der Waals surface area contributed by atoms with Gasteiger partial charge in [0, 0.05) is 41.5 Å². The summed E-state index contributed by atoms with van der Waals surface area (Å²) >= 11 is 6.26. The predicted octanol–water partition coefficient (Wildman–Crippen LogP) is 4.44. The molecule has 4 aromatic rings. The highest BCUT2D eigenvalue weighted by atomic mass is 35.5. The van der Waals surface area contributed by atoms with Gasteiger partial charge >= 0.3 is 0 Å². The van der Waals surface area contributed by atoms with Gasteiger partial charge in [-0.05, 0) is 47.5 Å². The van der Waals surface area contributed by atoms with Gasteiger partial charge in [-0.3, -0.25) is 9.78 Å². The van der Waals surface area contributed by atoms with Crippen molar-refractivity contribution >= 4 is 17.5 Å². The van der Waals surface area contributed by atoms with Gasteiger partial charge in [0.15, 0.2) is 17.2 Å². The number of halogens is 1. The summed E-state index contributed by atoms with van der Waals surface area (Å²) in [4.78, 5) is 17.3. The molecule has 0 saturated carbocycles. The topological polar surface area (TPSA) is 78.3 Å². The molecule has 1 N–H and O–H groups in total. The van der Waals surface area contributed by atoms with Gasteiger partial charge in [-0.15, -0.1) is 0 Å². The van der Waals surface area contributed by atoms with E-state index in [2.05, 4.69) is 10.3 Å². The fourth-order valence-electron chi connectivity index (χ4n) is 4.12. The van der Waals surface area contributed by atoms with E-state index in [4.69, 9.17) is 26.2 Å². The van der Waals surface area contributed by atoms with Crippen molar-refractivity contribution in [3.63, 3.8) is 0 Å². The minimum atomic E-state index is -0.248. The Hall–Kier alpha value is -3.84. The zero-order valence-corrected chi connectivity index (χ0v) is 18.9. The van der Waals surface area contributed by atoms with E-state index in [0.29, 0.717) is 35.2 Å². The first-order valence-electron chi connectivity index (χ1n) is 10.4. The number of carbonyl (C=O) groups is 1. The molecule has 1 aliphatic carbocycles. The number of carbonyl (C=O) groups excluding carboxylic acids is 1. The van der Waals surface area contributed by atoms with E-state index in [1.807, 2.05) is 42.5 Å². The van der Waals surface area contributed by atoms with Gasteiger partial charge in [0.25, 0.3) is 5.91 Å². The first-order chi connectivity index (χ1) is 16.1. The summed E-state index contributed by atoms with van der Waals surface area (Å²) < 4.78 is 12.8.